The van der Waals surface area contributed by atoms with Crippen molar-refractivity contribution in [3.8, 4) is 56.8 Å². The van der Waals surface area contributed by atoms with Crippen LogP contribution >= 0.6 is 0 Å². The molecule has 2 aliphatic rings. The van der Waals surface area contributed by atoms with Crippen LogP contribution in [0.2, 0.25) is 0 Å². The molecule has 2 aliphatic carbocycles. The molecule has 0 aromatic heterocycles. The maximum absolute atomic E-state index is 10.1. The molecule has 0 saturated heterocycles. The first-order valence-electron chi connectivity index (χ1n) is 37.8. The normalized spacial score (nSPS) is 13.6. The summed E-state index contributed by atoms with van der Waals surface area (Å²) in [6.07, 6.45) is 19.7. The van der Waals surface area contributed by atoms with Crippen molar-refractivity contribution in [1.29, 1.82) is 0 Å². The van der Waals surface area contributed by atoms with E-state index in [-0.39, 0.29) is 23.1 Å². The van der Waals surface area contributed by atoms with E-state index in [2.05, 4.69) is 290 Å². The second-order valence-electron chi connectivity index (χ2n) is 31.6. The first-order valence-corrected chi connectivity index (χ1v) is 37.8. The number of anilines is 3. The number of hydrogen-bond acceptors (Lipinski definition) is 8. The average Bonchev–Trinajstić information content (AvgIpc) is 1.59. The molecule has 540 valence electrons. The van der Waals surface area contributed by atoms with Crippen LogP contribution < -0.4 is 33.3 Å². The van der Waals surface area contributed by atoms with E-state index in [4.69, 9.17) is 35.0 Å². The molecule has 0 radical (unpaired) electrons. The SMILES string of the molecule is [C-]#[N+]/C(=C\c1cc(OCCC(C)C)c(/C=C/c2cc(OCCC(C)C)c(/C=C/c3cc(OCCC(C)C)c(/C=C/c4ccc(N(c5ccc6c(c5)C(C)(C)c5ccccc5-6)c5ccc6c(c5)C(C)(C)c5ccccc5-6)cc4)cc3OCCC(C)C)cc2OCCC(C)C)cc1OCCC(C)C)CO. The summed E-state index contributed by atoms with van der Waals surface area (Å²) in [7, 11) is 0. The van der Waals surface area contributed by atoms with Gasteiger partial charge < -0.3 is 38.4 Å². The lowest BCUT2D eigenvalue weighted by molar-refractivity contribution is 0.281. The highest BCUT2D eigenvalue weighted by atomic mass is 16.5. The van der Waals surface area contributed by atoms with Gasteiger partial charge in [0.05, 0.1) is 52.8 Å². The van der Waals surface area contributed by atoms with E-state index in [1.54, 1.807) is 6.08 Å². The predicted octanol–water partition coefficient (Wildman–Crippen LogP) is 25.1. The monoisotopic (exact) mass is 1380 g/mol. The van der Waals surface area contributed by atoms with Crippen molar-refractivity contribution in [2.45, 2.75) is 160 Å². The van der Waals surface area contributed by atoms with E-state index >= 15 is 0 Å². The van der Waals surface area contributed by atoms with Gasteiger partial charge in [0, 0.05) is 61.3 Å². The molecule has 0 heterocycles. The lowest BCUT2D eigenvalue weighted by Crippen LogP contribution is -2.18. The van der Waals surface area contributed by atoms with Crippen LogP contribution in [0.3, 0.4) is 0 Å². The highest BCUT2D eigenvalue weighted by Gasteiger charge is 2.38. The van der Waals surface area contributed by atoms with E-state index < -0.39 is 0 Å². The molecule has 0 spiro atoms. The van der Waals surface area contributed by atoms with Crippen molar-refractivity contribution in [3.05, 3.63) is 224 Å². The standard InChI is InChI=1S/C94H112N2O7/c1-62(2)40-46-98-87-54-70(30-31-71-55-90(101-49-43-65(7)8)72(56-89(71)100-48-42-64(5)6)32-33-73-57-92(103-51-45-67(11)12)74(52-75(61-97)95-17)58-91(73)102-50-44-66(9)10)88(99-47-41-63(3)4)53-69(87)29-26-68-27-34-76(35-28-68)96(77-36-38-81-79-22-18-20-24-83(79)93(13,14)85(81)59-77)78-37-39-82-80-23-19-21-25-84(80)94(15,16)86(82)60-78/h18-39,52-60,62-67,97H,40-51,61H2,1-16H3/b29-26+,31-30+,33-32+,75-52-. The molecule has 10 rings (SSSR count). The summed E-state index contributed by atoms with van der Waals surface area (Å²) in [5.74, 6) is 6.88. The molecule has 8 aromatic rings. The second kappa shape index (κ2) is 34.8. The van der Waals surface area contributed by atoms with Crippen LogP contribution in [0.25, 0.3) is 69.6 Å². The molecular formula is C94H112N2O7. The molecule has 0 saturated carbocycles. The number of fused-ring (bicyclic) bond motifs is 6. The molecule has 8 aromatic carbocycles. The Balaban J connectivity index is 1.03. The molecule has 9 nitrogen and oxygen atoms in total. The molecule has 0 aliphatic heterocycles. The van der Waals surface area contributed by atoms with Crippen LogP contribution in [0.5, 0.6) is 34.5 Å². The minimum absolute atomic E-state index is 0.161. The summed E-state index contributed by atoms with van der Waals surface area (Å²) in [5.41, 5.74) is 19.9. The van der Waals surface area contributed by atoms with Gasteiger partial charge in [0.2, 0.25) is 0 Å². The number of rotatable bonds is 35. The number of benzene rings is 8. The number of ether oxygens (including phenoxy) is 6. The highest BCUT2D eigenvalue weighted by Crippen LogP contribution is 2.53. The first-order chi connectivity index (χ1) is 49.4. The van der Waals surface area contributed by atoms with Crippen molar-refractivity contribution in [1.82, 2.24) is 0 Å². The van der Waals surface area contributed by atoms with E-state index in [1.807, 2.05) is 12.1 Å². The van der Waals surface area contributed by atoms with E-state index in [0.29, 0.717) is 92.2 Å². The van der Waals surface area contributed by atoms with Gasteiger partial charge in [-0.15, -0.1) is 0 Å². The molecule has 0 bridgehead atoms. The molecule has 0 amide bonds. The Morgan fingerprint density at radius 1 is 0.359 bits per heavy atom. The Hall–Kier alpha value is -9.23. The van der Waals surface area contributed by atoms with Crippen molar-refractivity contribution in [2.75, 3.05) is 51.1 Å². The zero-order chi connectivity index (χ0) is 73.5. The predicted molar refractivity (Wildman–Crippen MR) is 434 cm³/mol. The second-order valence-corrected chi connectivity index (χ2v) is 31.6. The van der Waals surface area contributed by atoms with Crippen LogP contribution in [0.15, 0.2) is 151 Å². The van der Waals surface area contributed by atoms with Gasteiger partial charge in [0.1, 0.15) is 34.5 Å². The van der Waals surface area contributed by atoms with E-state index in [9.17, 15) is 5.11 Å². The fraction of sp³-hybridized carbons (Fsp3) is 0.394. The Labute approximate surface area is 617 Å². The molecule has 103 heavy (non-hydrogen) atoms. The van der Waals surface area contributed by atoms with Crippen molar-refractivity contribution in [3.63, 3.8) is 0 Å². The summed E-state index contributed by atoms with van der Waals surface area (Å²) < 4.78 is 40.4. The van der Waals surface area contributed by atoms with E-state index in [1.165, 1.54) is 44.5 Å². The third-order valence-electron chi connectivity index (χ3n) is 19.9. The van der Waals surface area contributed by atoms with Gasteiger partial charge in [-0.05, 0) is 203 Å². The van der Waals surface area contributed by atoms with Crippen molar-refractivity contribution >= 4 is 59.6 Å². The van der Waals surface area contributed by atoms with Crippen LogP contribution in [0.4, 0.5) is 17.1 Å². The number of nitrogens with zero attached hydrogens (tertiary/aromatic N) is 2. The number of hydrogen-bond donors (Lipinski definition) is 1. The first kappa shape index (κ1) is 76.4. The van der Waals surface area contributed by atoms with Gasteiger partial charge in [-0.1, -0.05) is 220 Å². The van der Waals surface area contributed by atoms with Crippen molar-refractivity contribution < 1.29 is 33.5 Å². The maximum atomic E-state index is 10.1. The zero-order valence-electron chi connectivity index (χ0n) is 64.3. The third-order valence-corrected chi connectivity index (χ3v) is 19.9. The maximum Gasteiger partial charge on any atom is 0.191 e. The van der Waals surface area contributed by atoms with Gasteiger partial charge in [-0.2, -0.15) is 0 Å². The van der Waals surface area contributed by atoms with Gasteiger partial charge in [-0.25, -0.2) is 4.85 Å². The largest absolute Gasteiger partial charge is 0.493 e. The smallest absolute Gasteiger partial charge is 0.191 e. The minimum Gasteiger partial charge on any atom is -0.493 e. The zero-order valence-corrected chi connectivity index (χ0v) is 64.3. The molecule has 0 fully saturated rings. The van der Waals surface area contributed by atoms with Gasteiger partial charge in [-0.3, -0.25) is 0 Å². The lowest BCUT2D eigenvalue weighted by atomic mass is 9.82. The fourth-order valence-electron chi connectivity index (χ4n) is 13.4. The Morgan fingerprint density at radius 3 is 0.951 bits per heavy atom. The van der Waals surface area contributed by atoms with Gasteiger partial charge >= 0.3 is 0 Å². The van der Waals surface area contributed by atoms with Crippen molar-refractivity contribution in [2.24, 2.45) is 35.5 Å². The topological polar surface area (TPSA) is 83.2 Å². The van der Waals surface area contributed by atoms with Gasteiger partial charge in [0.15, 0.2) is 5.70 Å². The Kier molecular flexibility index (Phi) is 25.8. The molecular weight excluding hydrogens is 1270 g/mol. The Morgan fingerprint density at radius 2 is 0.641 bits per heavy atom. The summed E-state index contributed by atoms with van der Waals surface area (Å²) >= 11 is 0. The van der Waals surface area contributed by atoms with E-state index in [0.717, 1.165) is 112 Å². The highest BCUT2D eigenvalue weighted by molar-refractivity contribution is 5.89. The summed E-state index contributed by atoms with van der Waals surface area (Å²) in [5, 5.41) is 10.1. The fourth-order valence-corrected chi connectivity index (χ4v) is 13.4. The van der Waals surface area contributed by atoms with Crippen LogP contribution in [-0.4, -0.2) is 51.4 Å². The average molecular weight is 1380 g/mol. The number of aliphatic hydroxyl groups excluding tert-OH is 1. The van der Waals surface area contributed by atoms with Gasteiger partial charge in [0.25, 0.3) is 0 Å². The van der Waals surface area contributed by atoms with Crippen LogP contribution in [0.1, 0.15) is 211 Å². The van der Waals surface area contributed by atoms with Crippen LogP contribution in [0, 0.1) is 42.1 Å². The lowest BCUT2D eigenvalue weighted by Gasteiger charge is -2.29. The number of aliphatic hydroxyl groups is 1. The minimum atomic E-state index is -0.380. The summed E-state index contributed by atoms with van der Waals surface area (Å²) in [6, 6.07) is 53.2. The molecule has 9 heteroatoms. The van der Waals surface area contributed by atoms with Crippen LogP contribution in [-0.2, 0) is 10.8 Å². The Bertz CT molecular complexity index is 4270. The molecule has 0 unspecified atom stereocenters. The summed E-state index contributed by atoms with van der Waals surface area (Å²) in [6.45, 7) is 46.5. The third kappa shape index (κ3) is 19.2. The molecule has 1 N–H and O–H groups in total. The quantitative estimate of drug-likeness (QED) is 0.0311. The summed E-state index contributed by atoms with van der Waals surface area (Å²) in [4.78, 5) is 6.03. The molecule has 0 atom stereocenters.